The lowest BCUT2D eigenvalue weighted by Crippen LogP contribution is -2.13. The summed E-state index contributed by atoms with van der Waals surface area (Å²) in [6.07, 6.45) is 2.43. The lowest BCUT2D eigenvalue weighted by Gasteiger charge is -2.09. The highest BCUT2D eigenvalue weighted by Crippen LogP contribution is 2.20. The van der Waals surface area contributed by atoms with Crippen LogP contribution < -0.4 is 9.46 Å². The zero-order valence-corrected chi connectivity index (χ0v) is 18.6. The summed E-state index contributed by atoms with van der Waals surface area (Å²) < 4.78 is 63.5. The number of hydrogen-bond donors (Lipinski definition) is 1. The molecule has 0 spiro atoms. The number of rotatable bonds is 9. The number of nitrogens with one attached hydrogen (secondary N) is 1. The molecule has 3 rings (SSSR count). The standard InChI is InChI=1S/C24H19F2NO6S/c1-32-19-8-6-18(7-9-19)27-34(30,31)20-10-2-16(3-11-20)4-13-24(29)33-15-23(28)17-5-12-21(25)22(26)14-17/h2-14,27H,15H2,1H3/b13-4+. The van der Waals surface area contributed by atoms with Crippen molar-refractivity contribution < 1.29 is 36.3 Å². The maximum absolute atomic E-state index is 13.2. The number of ketones is 1. The van der Waals surface area contributed by atoms with Crippen molar-refractivity contribution in [2.45, 2.75) is 4.90 Å². The number of ether oxygens (including phenoxy) is 2. The third kappa shape index (κ3) is 6.48. The zero-order valence-electron chi connectivity index (χ0n) is 17.8. The molecule has 0 aliphatic rings. The molecule has 0 aliphatic heterocycles. The number of sulfonamides is 1. The summed E-state index contributed by atoms with van der Waals surface area (Å²) in [6, 6.07) is 14.7. The van der Waals surface area contributed by atoms with Gasteiger partial charge in [-0.3, -0.25) is 9.52 Å². The number of carbonyl (C=O) groups excluding carboxylic acids is 2. The minimum absolute atomic E-state index is 0.0140. The first-order valence-electron chi connectivity index (χ1n) is 9.78. The molecule has 0 bridgehead atoms. The van der Waals surface area contributed by atoms with E-state index >= 15 is 0 Å². The highest BCUT2D eigenvalue weighted by atomic mass is 32.2. The Bertz CT molecular complexity index is 1320. The van der Waals surface area contributed by atoms with Crippen molar-refractivity contribution in [1.82, 2.24) is 0 Å². The largest absolute Gasteiger partial charge is 0.497 e. The van der Waals surface area contributed by atoms with Crippen LogP contribution in [0.2, 0.25) is 0 Å². The molecule has 0 atom stereocenters. The fraction of sp³-hybridized carbons (Fsp3) is 0.0833. The Morgan fingerprint density at radius 2 is 1.62 bits per heavy atom. The van der Waals surface area contributed by atoms with Crippen LogP contribution in [0.25, 0.3) is 6.08 Å². The van der Waals surface area contributed by atoms with Crippen molar-refractivity contribution in [1.29, 1.82) is 0 Å². The Kier molecular flexibility index (Phi) is 7.75. The van der Waals surface area contributed by atoms with Crippen LogP contribution in [0, 0.1) is 11.6 Å². The molecule has 3 aromatic carbocycles. The van der Waals surface area contributed by atoms with Gasteiger partial charge in [-0.1, -0.05) is 12.1 Å². The van der Waals surface area contributed by atoms with Crippen LogP contribution in [0.5, 0.6) is 5.75 Å². The number of hydrogen-bond acceptors (Lipinski definition) is 6. The Hall–Kier alpha value is -4.05. The molecule has 176 valence electrons. The molecule has 7 nitrogen and oxygen atoms in total. The molecular weight excluding hydrogens is 468 g/mol. The summed E-state index contributed by atoms with van der Waals surface area (Å²) in [5.41, 5.74) is 0.744. The van der Waals surface area contributed by atoms with Crippen molar-refractivity contribution >= 4 is 33.5 Å². The van der Waals surface area contributed by atoms with E-state index in [1.165, 1.54) is 37.5 Å². The monoisotopic (exact) mass is 487 g/mol. The van der Waals surface area contributed by atoms with Crippen LogP contribution in [0.15, 0.2) is 77.7 Å². The molecule has 0 unspecified atom stereocenters. The third-order valence-electron chi connectivity index (χ3n) is 4.53. The topological polar surface area (TPSA) is 98.8 Å². The summed E-state index contributed by atoms with van der Waals surface area (Å²) in [5, 5.41) is 0. The second-order valence-electron chi connectivity index (χ2n) is 6.90. The van der Waals surface area contributed by atoms with Crippen LogP contribution >= 0.6 is 0 Å². The second-order valence-corrected chi connectivity index (χ2v) is 8.58. The summed E-state index contributed by atoms with van der Waals surface area (Å²) in [4.78, 5) is 23.8. The van der Waals surface area contributed by atoms with Crippen molar-refractivity contribution in [2.24, 2.45) is 0 Å². The molecule has 0 saturated heterocycles. The van der Waals surface area contributed by atoms with E-state index in [-0.39, 0.29) is 10.5 Å². The minimum Gasteiger partial charge on any atom is -0.497 e. The van der Waals surface area contributed by atoms with Gasteiger partial charge in [0.2, 0.25) is 0 Å². The summed E-state index contributed by atoms with van der Waals surface area (Å²) >= 11 is 0. The first-order chi connectivity index (χ1) is 16.2. The van der Waals surface area contributed by atoms with E-state index in [4.69, 9.17) is 9.47 Å². The molecular formula is C24H19F2NO6S. The lowest BCUT2D eigenvalue weighted by atomic mass is 10.1. The number of anilines is 1. The van der Waals surface area contributed by atoms with Gasteiger partial charge in [0.1, 0.15) is 5.75 Å². The quantitative estimate of drug-likeness (QED) is 0.276. The number of carbonyl (C=O) groups is 2. The van der Waals surface area contributed by atoms with Crippen LogP contribution in [0.3, 0.4) is 0 Å². The predicted octanol–water partition coefficient (Wildman–Crippen LogP) is 4.21. The van der Waals surface area contributed by atoms with Crippen LogP contribution in [0.4, 0.5) is 14.5 Å². The van der Waals surface area contributed by atoms with E-state index in [0.29, 0.717) is 17.0 Å². The molecule has 1 N–H and O–H groups in total. The summed E-state index contributed by atoms with van der Waals surface area (Å²) in [7, 11) is -2.32. The van der Waals surface area contributed by atoms with E-state index < -0.39 is 40.0 Å². The Balaban J connectivity index is 1.56. The van der Waals surface area contributed by atoms with Gasteiger partial charge in [-0.25, -0.2) is 22.0 Å². The normalized spacial score (nSPS) is 11.3. The fourth-order valence-electron chi connectivity index (χ4n) is 2.73. The molecule has 0 saturated carbocycles. The van der Waals surface area contributed by atoms with Gasteiger partial charge in [-0.05, 0) is 66.2 Å². The summed E-state index contributed by atoms with van der Waals surface area (Å²) in [5.74, 6) is -3.21. The third-order valence-corrected chi connectivity index (χ3v) is 5.93. The van der Waals surface area contributed by atoms with Gasteiger partial charge >= 0.3 is 5.97 Å². The van der Waals surface area contributed by atoms with Gasteiger partial charge in [0.25, 0.3) is 10.0 Å². The van der Waals surface area contributed by atoms with Crippen molar-refractivity contribution in [3.63, 3.8) is 0 Å². The van der Waals surface area contributed by atoms with Crippen molar-refractivity contribution in [3.8, 4) is 5.75 Å². The number of halogens is 2. The predicted molar refractivity (Wildman–Crippen MR) is 121 cm³/mol. The van der Waals surface area contributed by atoms with E-state index in [2.05, 4.69) is 4.72 Å². The average Bonchev–Trinajstić information content (AvgIpc) is 2.83. The first-order valence-corrected chi connectivity index (χ1v) is 11.3. The maximum atomic E-state index is 13.2. The average molecular weight is 487 g/mol. The van der Waals surface area contributed by atoms with Gasteiger partial charge < -0.3 is 9.47 Å². The van der Waals surface area contributed by atoms with Crippen LogP contribution in [-0.4, -0.2) is 33.9 Å². The molecule has 0 heterocycles. The molecule has 0 fully saturated rings. The van der Waals surface area contributed by atoms with E-state index in [1.54, 1.807) is 24.3 Å². The SMILES string of the molecule is COc1ccc(NS(=O)(=O)c2ccc(/C=C/C(=O)OCC(=O)c3ccc(F)c(F)c3)cc2)cc1. The molecule has 0 radical (unpaired) electrons. The smallest absolute Gasteiger partial charge is 0.331 e. The maximum Gasteiger partial charge on any atom is 0.331 e. The molecule has 0 aromatic heterocycles. The Morgan fingerprint density at radius 3 is 2.24 bits per heavy atom. The number of esters is 1. The highest BCUT2D eigenvalue weighted by molar-refractivity contribution is 7.92. The molecule has 0 aliphatic carbocycles. The van der Waals surface area contributed by atoms with Gasteiger partial charge in [0, 0.05) is 17.3 Å². The van der Waals surface area contributed by atoms with Gasteiger partial charge in [-0.15, -0.1) is 0 Å². The van der Waals surface area contributed by atoms with Crippen LogP contribution in [-0.2, 0) is 19.6 Å². The molecule has 3 aromatic rings. The van der Waals surface area contributed by atoms with Crippen LogP contribution in [0.1, 0.15) is 15.9 Å². The summed E-state index contributed by atoms with van der Waals surface area (Å²) in [6.45, 7) is -0.650. The van der Waals surface area contributed by atoms with Crippen molar-refractivity contribution in [3.05, 3.63) is 95.6 Å². The first kappa shape index (κ1) is 24.6. The minimum atomic E-state index is -3.83. The van der Waals surface area contributed by atoms with Gasteiger partial charge in [0.15, 0.2) is 24.0 Å². The second kappa shape index (κ2) is 10.7. The Labute approximate surface area is 194 Å². The molecule has 10 heteroatoms. The molecule has 34 heavy (non-hydrogen) atoms. The van der Waals surface area contributed by atoms with Crippen molar-refractivity contribution in [2.75, 3.05) is 18.4 Å². The van der Waals surface area contributed by atoms with E-state index in [0.717, 1.165) is 24.3 Å². The molecule has 0 amide bonds. The Morgan fingerprint density at radius 1 is 0.941 bits per heavy atom. The highest BCUT2D eigenvalue weighted by Gasteiger charge is 2.14. The van der Waals surface area contributed by atoms with Gasteiger partial charge in [-0.2, -0.15) is 0 Å². The number of benzene rings is 3. The van der Waals surface area contributed by atoms with Gasteiger partial charge in [0.05, 0.1) is 12.0 Å². The van der Waals surface area contributed by atoms with E-state index in [1.807, 2.05) is 0 Å². The lowest BCUT2D eigenvalue weighted by molar-refractivity contribution is -0.136. The zero-order chi connectivity index (χ0) is 24.7. The van der Waals surface area contributed by atoms with E-state index in [9.17, 15) is 26.8 Å². The fourth-order valence-corrected chi connectivity index (χ4v) is 3.79. The number of methoxy groups -OCH3 is 1. The number of Topliss-reactive ketones (excluding diaryl/α,β-unsaturated/α-hetero) is 1.